The van der Waals surface area contributed by atoms with Crippen LogP contribution in [0.15, 0.2) is 0 Å². The van der Waals surface area contributed by atoms with Crippen LogP contribution < -0.4 is 5.73 Å². The van der Waals surface area contributed by atoms with Crippen molar-refractivity contribution in [2.45, 2.75) is 39.2 Å². The van der Waals surface area contributed by atoms with Crippen LogP contribution in [0, 0.1) is 11.3 Å². The van der Waals surface area contributed by atoms with E-state index in [9.17, 15) is 0 Å². The predicted octanol–water partition coefficient (Wildman–Crippen LogP) is 0.750. The Kier molecular flexibility index (Phi) is 5.23. The predicted molar refractivity (Wildman–Crippen MR) is 79.1 cm³/mol. The molecule has 0 aromatic rings. The molecule has 1 aliphatic carbocycles. The highest BCUT2D eigenvalue weighted by molar-refractivity contribution is 4.92. The summed E-state index contributed by atoms with van der Waals surface area (Å²) in [7, 11) is 0. The number of nitrogens with two attached hydrogens (primary N) is 1. The maximum absolute atomic E-state index is 8.97. The summed E-state index contributed by atoms with van der Waals surface area (Å²) in [5.41, 5.74) is 6.79. The molecule has 112 valence electrons. The molecule has 1 saturated carbocycles. The summed E-state index contributed by atoms with van der Waals surface area (Å²) in [5, 5.41) is 8.97. The first-order valence-electron chi connectivity index (χ1n) is 7.84. The molecule has 4 nitrogen and oxygen atoms in total. The van der Waals surface area contributed by atoms with E-state index in [0.29, 0.717) is 17.4 Å². The largest absolute Gasteiger partial charge is 0.395 e. The Balaban J connectivity index is 1.79. The van der Waals surface area contributed by atoms with Crippen LogP contribution in [0.1, 0.15) is 33.1 Å². The lowest BCUT2D eigenvalue weighted by molar-refractivity contribution is 0.0666. The van der Waals surface area contributed by atoms with E-state index >= 15 is 0 Å². The van der Waals surface area contributed by atoms with Gasteiger partial charge in [0.2, 0.25) is 0 Å². The van der Waals surface area contributed by atoms with Crippen LogP contribution in [-0.2, 0) is 0 Å². The molecule has 2 unspecified atom stereocenters. The molecule has 0 spiro atoms. The quantitative estimate of drug-likeness (QED) is 0.791. The molecule has 1 saturated heterocycles. The van der Waals surface area contributed by atoms with Crippen LogP contribution >= 0.6 is 0 Å². The van der Waals surface area contributed by atoms with Crippen molar-refractivity contribution in [3.8, 4) is 0 Å². The molecule has 2 atom stereocenters. The molecule has 2 fully saturated rings. The van der Waals surface area contributed by atoms with Gasteiger partial charge in [0.05, 0.1) is 6.61 Å². The zero-order chi connectivity index (χ0) is 13.9. The van der Waals surface area contributed by atoms with E-state index in [1.807, 2.05) is 0 Å². The molecular formula is C15H31N3O. The Bertz CT molecular complexity index is 275. The van der Waals surface area contributed by atoms with E-state index in [1.165, 1.54) is 19.3 Å². The van der Waals surface area contributed by atoms with Crippen molar-refractivity contribution < 1.29 is 5.11 Å². The summed E-state index contributed by atoms with van der Waals surface area (Å²) in [6.07, 6.45) is 3.90. The number of rotatable bonds is 4. The van der Waals surface area contributed by atoms with Crippen molar-refractivity contribution in [2.24, 2.45) is 17.1 Å². The normalized spacial score (nSPS) is 33.5. The van der Waals surface area contributed by atoms with Crippen LogP contribution in [0.5, 0.6) is 0 Å². The van der Waals surface area contributed by atoms with Crippen LogP contribution in [-0.4, -0.2) is 66.8 Å². The second-order valence-electron chi connectivity index (χ2n) is 7.03. The van der Waals surface area contributed by atoms with Gasteiger partial charge < -0.3 is 15.7 Å². The fourth-order valence-corrected chi connectivity index (χ4v) is 3.68. The Hall–Kier alpha value is -0.160. The van der Waals surface area contributed by atoms with Crippen LogP contribution in [0.25, 0.3) is 0 Å². The summed E-state index contributed by atoms with van der Waals surface area (Å²) in [5.74, 6) is 0.660. The third kappa shape index (κ3) is 3.91. The second kappa shape index (κ2) is 6.53. The zero-order valence-corrected chi connectivity index (χ0v) is 12.6. The number of β-amino-alcohol motifs (C(OH)–C–C–N with tert-alkyl or cyclic N) is 1. The van der Waals surface area contributed by atoms with Crippen LogP contribution in [0.3, 0.4) is 0 Å². The Morgan fingerprint density at radius 1 is 1.16 bits per heavy atom. The summed E-state index contributed by atoms with van der Waals surface area (Å²) in [6.45, 7) is 11.3. The first-order valence-corrected chi connectivity index (χ1v) is 7.84. The van der Waals surface area contributed by atoms with Gasteiger partial charge >= 0.3 is 0 Å². The molecule has 0 radical (unpaired) electrons. The lowest BCUT2D eigenvalue weighted by Gasteiger charge is -2.44. The smallest absolute Gasteiger partial charge is 0.0558 e. The first-order chi connectivity index (χ1) is 9.03. The number of hydrogen-bond donors (Lipinski definition) is 2. The van der Waals surface area contributed by atoms with E-state index < -0.39 is 0 Å². The van der Waals surface area contributed by atoms with Crippen molar-refractivity contribution in [3.63, 3.8) is 0 Å². The molecule has 1 aliphatic heterocycles. The van der Waals surface area contributed by atoms with E-state index in [4.69, 9.17) is 10.8 Å². The average Bonchev–Trinajstić information content (AvgIpc) is 2.38. The number of aliphatic hydroxyl groups is 1. The van der Waals surface area contributed by atoms with Gasteiger partial charge in [0.1, 0.15) is 0 Å². The lowest BCUT2D eigenvalue weighted by atomic mass is 9.68. The summed E-state index contributed by atoms with van der Waals surface area (Å²) in [6, 6.07) is 0.344. The molecule has 1 heterocycles. The van der Waals surface area contributed by atoms with Crippen molar-refractivity contribution in [3.05, 3.63) is 0 Å². The molecule has 2 aliphatic rings. The zero-order valence-electron chi connectivity index (χ0n) is 12.6. The Morgan fingerprint density at radius 2 is 1.79 bits per heavy atom. The second-order valence-corrected chi connectivity index (χ2v) is 7.03. The first kappa shape index (κ1) is 15.2. The number of nitrogens with zero attached hydrogens (tertiary/aromatic N) is 2. The van der Waals surface area contributed by atoms with E-state index in [0.717, 1.165) is 39.3 Å². The Labute approximate surface area is 117 Å². The maximum Gasteiger partial charge on any atom is 0.0558 e. The van der Waals surface area contributed by atoms with Gasteiger partial charge in [-0.1, -0.05) is 20.3 Å². The molecule has 0 aromatic heterocycles. The topological polar surface area (TPSA) is 52.7 Å². The minimum Gasteiger partial charge on any atom is -0.395 e. The van der Waals surface area contributed by atoms with Crippen molar-refractivity contribution >= 4 is 0 Å². The Morgan fingerprint density at radius 3 is 2.42 bits per heavy atom. The fraction of sp³-hybridized carbons (Fsp3) is 1.00. The van der Waals surface area contributed by atoms with Crippen LogP contribution in [0.4, 0.5) is 0 Å². The summed E-state index contributed by atoms with van der Waals surface area (Å²) < 4.78 is 0. The van der Waals surface area contributed by atoms with Crippen LogP contribution in [0.2, 0.25) is 0 Å². The van der Waals surface area contributed by atoms with Gasteiger partial charge in [-0.25, -0.2) is 0 Å². The third-order valence-electron chi connectivity index (χ3n) is 5.18. The molecule has 0 aromatic carbocycles. The molecule has 0 bridgehead atoms. The maximum atomic E-state index is 8.97. The van der Waals surface area contributed by atoms with Gasteiger partial charge in [0.25, 0.3) is 0 Å². The van der Waals surface area contributed by atoms with Gasteiger partial charge in [-0.3, -0.25) is 4.90 Å². The SMILES string of the molecule is CC1(C)CCCC(CN2CCN(CCO)CC2)C1N. The minimum atomic E-state index is 0.279. The van der Waals surface area contributed by atoms with Crippen molar-refractivity contribution in [1.82, 2.24) is 9.80 Å². The summed E-state index contributed by atoms with van der Waals surface area (Å²) >= 11 is 0. The molecule has 2 rings (SSSR count). The molecular weight excluding hydrogens is 238 g/mol. The van der Waals surface area contributed by atoms with E-state index in [-0.39, 0.29) is 6.61 Å². The number of hydrogen-bond acceptors (Lipinski definition) is 4. The number of aliphatic hydroxyl groups excluding tert-OH is 1. The minimum absolute atomic E-state index is 0.279. The molecule has 19 heavy (non-hydrogen) atoms. The number of piperazine rings is 1. The van der Waals surface area contributed by atoms with Gasteiger partial charge in [-0.05, 0) is 24.2 Å². The van der Waals surface area contributed by atoms with Gasteiger partial charge in [-0.15, -0.1) is 0 Å². The highest BCUT2D eigenvalue weighted by Gasteiger charge is 2.37. The van der Waals surface area contributed by atoms with Crippen molar-refractivity contribution in [2.75, 3.05) is 45.9 Å². The van der Waals surface area contributed by atoms with Gasteiger partial charge in [0.15, 0.2) is 0 Å². The van der Waals surface area contributed by atoms with E-state index in [2.05, 4.69) is 23.6 Å². The molecule has 3 N–H and O–H groups in total. The van der Waals surface area contributed by atoms with Gasteiger partial charge in [0, 0.05) is 45.3 Å². The third-order valence-corrected chi connectivity index (χ3v) is 5.18. The highest BCUT2D eigenvalue weighted by atomic mass is 16.3. The standard InChI is InChI=1S/C15H31N3O/c1-15(2)5-3-4-13(14(15)16)12-18-8-6-17(7-9-18)10-11-19/h13-14,19H,3-12,16H2,1-2H3. The van der Waals surface area contributed by atoms with Crippen molar-refractivity contribution in [1.29, 1.82) is 0 Å². The highest BCUT2D eigenvalue weighted by Crippen LogP contribution is 2.38. The monoisotopic (exact) mass is 269 g/mol. The van der Waals surface area contributed by atoms with Gasteiger partial charge in [-0.2, -0.15) is 0 Å². The summed E-state index contributed by atoms with van der Waals surface area (Å²) in [4.78, 5) is 4.92. The fourth-order valence-electron chi connectivity index (χ4n) is 3.68. The van der Waals surface area contributed by atoms with E-state index in [1.54, 1.807) is 0 Å². The molecule has 0 amide bonds. The lowest BCUT2D eigenvalue weighted by Crippen LogP contribution is -2.53. The molecule has 4 heteroatoms. The average molecular weight is 269 g/mol.